The van der Waals surface area contributed by atoms with Gasteiger partial charge in [-0.1, -0.05) is 0 Å². The predicted octanol–water partition coefficient (Wildman–Crippen LogP) is 3.39. The number of aryl methyl sites for hydroxylation is 2. The fourth-order valence-corrected chi connectivity index (χ4v) is 3.15. The number of amides is 1. The first-order valence-corrected chi connectivity index (χ1v) is 7.07. The molecule has 0 N–H and O–H groups in total. The Balaban J connectivity index is 2.11. The van der Waals surface area contributed by atoms with Crippen LogP contribution in [-0.2, 0) is 6.54 Å². The smallest absolute Gasteiger partial charge is 0.291 e. The summed E-state index contributed by atoms with van der Waals surface area (Å²) in [6, 6.07) is 2.01. The van der Waals surface area contributed by atoms with Crippen molar-refractivity contribution in [1.82, 2.24) is 9.88 Å². The van der Waals surface area contributed by atoms with Gasteiger partial charge in [-0.25, -0.2) is 4.98 Å². The van der Waals surface area contributed by atoms with Crippen molar-refractivity contribution in [2.24, 2.45) is 0 Å². The first kappa shape index (κ1) is 13.3. The summed E-state index contributed by atoms with van der Waals surface area (Å²) in [4.78, 5) is 19.0. The van der Waals surface area contributed by atoms with E-state index in [2.05, 4.69) is 20.9 Å². The van der Waals surface area contributed by atoms with Crippen LogP contribution in [-0.4, -0.2) is 22.8 Å². The molecule has 0 bridgehead atoms. The van der Waals surface area contributed by atoms with Crippen molar-refractivity contribution in [3.63, 3.8) is 0 Å². The first-order valence-electron chi connectivity index (χ1n) is 5.40. The van der Waals surface area contributed by atoms with Gasteiger partial charge in [-0.2, -0.15) is 0 Å². The molecule has 0 spiro atoms. The molecule has 4 nitrogen and oxygen atoms in total. The third kappa shape index (κ3) is 2.81. The van der Waals surface area contributed by atoms with E-state index in [0.29, 0.717) is 23.9 Å². The van der Waals surface area contributed by atoms with Gasteiger partial charge in [0.25, 0.3) is 5.91 Å². The molecule has 0 saturated carbocycles. The highest BCUT2D eigenvalue weighted by molar-refractivity contribution is 9.10. The second-order valence-corrected chi connectivity index (χ2v) is 5.95. The van der Waals surface area contributed by atoms with Crippen LogP contribution in [0.5, 0.6) is 0 Å². The van der Waals surface area contributed by atoms with Crippen molar-refractivity contribution in [2.75, 3.05) is 7.05 Å². The van der Waals surface area contributed by atoms with Crippen LogP contribution in [0.25, 0.3) is 0 Å². The van der Waals surface area contributed by atoms with E-state index in [0.717, 1.165) is 9.35 Å². The van der Waals surface area contributed by atoms with E-state index in [4.69, 9.17) is 4.42 Å². The van der Waals surface area contributed by atoms with Crippen LogP contribution in [0.3, 0.4) is 0 Å². The lowest BCUT2D eigenvalue weighted by molar-refractivity contribution is 0.0752. The summed E-state index contributed by atoms with van der Waals surface area (Å²) >= 11 is 5.01. The SMILES string of the molecule is Cc1nc(C)c(C(=O)N(C)Cc2cc(Br)cs2)o1. The number of thiophene rings is 1. The lowest BCUT2D eigenvalue weighted by Gasteiger charge is -2.14. The Morgan fingerprint density at radius 3 is 2.78 bits per heavy atom. The minimum absolute atomic E-state index is 0.141. The van der Waals surface area contributed by atoms with Gasteiger partial charge in [0, 0.05) is 28.7 Å². The van der Waals surface area contributed by atoms with Crippen LogP contribution in [0.1, 0.15) is 27.0 Å². The van der Waals surface area contributed by atoms with Gasteiger partial charge in [0.2, 0.25) is 5.76 Å². The van der Waals surface area contributed by atoms with Crippen molar-refractivity contribution < 1.29 is 9.21 Å². The van der Waals surface area contributed by atoms with E-state index in [9.17, 15) is 4.79 Å². The second kappa shape index (κ2) is 5.24. The van der Waals surface area contributed by atoms with Gasteiger partial charge in [-0.15, -0.1) is 11.3 Å². The Hall–Kier alpha value is -1.14. The van der Waals surface area contributed by atoms with Crippen LogP contribution >= 0.6 is 27.3 Å². The minimum Gasteiger partial charge on any atom is -0.436 e. The topological polar surface area (TPSA) is 46.3 Å². The van der Waals surface area contributed by atoms with Crippen molar-refractivity contribution in [3.8, 4) is 0 Å². The molecule has 2 heterocycles. The molecule has 18 heavy (non-hydrogen) atoms. The zero-order valence-corrected chi connectivity index (χ0v) is 12.8. The van der Waals surface area contributed by atoms with Gasteiger partial charge in [0.1, 0.15) is 0 Å². The summed E-state index contributed by atoms with van der Waals surface area (Å²) in [6.07, 6.45) is 0. The summed E-state index contributed by atoms with van der Waals surface area (Å²) in [5.74, 6) is 0.700. The zero-order valence-electron chi connectivity index (χ0n) is 10.4. The molecule has 1 amide bonds. The maximum atomic E-state index is 12.2. The normalized spacial score (nSPS) is 10.7. The molecular weight excluding hydrogens is 316 g/mol. The van der Waals surface area contributed by atoms with E-state index >= 15 is 0 Å². The Bertz CT molecular complexity index is 576. The van der Waals surface area contributed by atoms with Gasteiger partial charge < -0.3 is 9.32 Å². The lowest BCUT2D eigenvalue weighted by atomic mass is 10.3. The first-order chi connectivity index (χ1) is 8.47. The molecule has 0 aliphatic rings. The minimum atomic E-state index is -0.141. The van der Waals surface area contributed by atoms with Crippen molar-refractivity contribution in [1.29, 1.82) is 0 Å². The zero-order chi connectivity index (χ0) is 13.3. The molecule has 0 aliphatic heterocycles. The average molecular weight is 329 g/mol. The molecule has 0 saturated heterocycles. The molecule has 2 aromatic heterocycles. The molecule has 0 aromatic carbocycles. The average Bonchev–Trinajstić information content (AvgIpc) is 2.84. The van der Waals surface area contributed by atoms with E-state index in [-0.39, 0.29) is 5.91 Å². The van der Waals surface area contributed by atoms with Gasteiger partial charge >= 0.3 is 0 Å². The number of aromatic nitrogens is 1. The highest BCUT2D eigenvalue weighted by Crippen LogP contribution is 2.21. The second-order valence-electron chi connectivity index (χ2n) is 4.04. The van der Waals surface area contributed by atoms with Gasteiger partial charge in [-0.3, -0.25) is 4.79 Å². The van der Waals surface area contributed by atoms with Crippen LogP contribution in [0.15, 0.2) is 20.3 Å². The van der Waals surface area contributed by atoms with Gasteiger partial charge in [0.05, 0.1) is 12.2 Å². The van der Waals surface area contributed by atoms with Crippen LogP contribution in [0, 0.1) is 13.8 Å². The number of carbonyl (C=O) groups is 1. The molecule has 6 heteroatoms. The van der Waals surface area contributed by atoms with E-state index in [1.807, 2.05) is 11.4 Å². The molecule has 2 aromatic rings. The molecule has 0 radical (unpaired) electrons. The number of halogens is 1. The predicted molar refractivity (Wildman–Crippen MR) is 73.8 cm³/mol. The van der Waals surface area contributed by atoms with Crippen LogP contribution in [0.4, 0.5) is 0 Å². The maximum absolute atomic E-state index is 12.2. The molecule has 0 atom stereocenters. The standard InChI is InChI=1S/C12H13BrN2O2S/c1-7-11(17-8(2)14-7)12(16)15(3)5-10-4-9(13)6-18-10/h4,6H,5H2,1-3H3. The monoisotopic (exact) mass is 328 g/mol. The van der Waals surface area contributed by atoms with E-state index < -0.39 is 0 Å². The Morgan fingerprint density at radius 1 is 1.56 bits per heavy atom. The fraction of sp³-hybridized carbons (Fsp3) is 0.333. The van der Waals surface area contributed by atoms with Crippen molar-refractivity contribution in [2.45, 2.75) is 20.4 Å². The quantitative estimate of drug-likeness (QED) is 0.867. The van der Waals surface area contributed by atoms with E-state index in [1.54, 1.807) is 37.1 Å². The summed E-state index contributed by atoms with van der Waals surface area (Å²) in [5.41, 5.74) is 0.636. The third-order valence-electron chi connectivity index (χ3n) is 2.46. The fourth-order valence-electron chi connectivity index (χ4n) is 1.65. The number of carbonyl (C=O) groups excluding carboxylic acids is 1. The highest BCUT2D eigenvalue weighted by atomic mass is 79.9. The highest BCUT2D eigenvalue weighted by Gasteiger charge is 2.20. The third-order valence-corrected chi connectivity index (χ3v) is 4.14. The summed E-state index contributed by atoms with van der Waals surface area (Å²) in [6.45, 7) is 4.08. The number of hydrogen-bond acceptors (Lipinski definition) is 4. The Morgan fingerprint density at radius 2 is 2.28 bits per heavy atom. The number of oxazole rings is 1. The summed E-state index contributed by atoms with van der Waals surface area (Å²) < 4.78 is 6.37. The summed E-state index contributed by atoms with van der Waals surface area (Å²) in [5, 5.41) is 2.00. The maximum Gasteiger partial charge on any atom is 0.291 e. The molecule has 0 aliphatic carbocycles. The van der Waals surface area contributed by atoms with Crippen LogP contribution in [0.2, 0.25) is 0 Å². The van der Waals surface area contributed by atoms with Crippen molar-refractivity contribution in [3.05, 3.63) is 38.1 Å². The van der Waals surface area contributed by atoms with Gasteiger partial charge in [-0.05, 0) is 28.9 Å². The van der Waals surface area contributed by atoms with E-state index in [1.165, 1.54) is 0 Å². The molecular formula is C12H13BrN2O2S. The molecule has 96 valence electrons. The number of rotatable bonds is 3. The number of nitrogens with zero attached hydrogens (tertiary/aromatic N) is 2. The number of hydrogen-bond donors (Lipinski definition) is 0. The van der Waals surface area contributed by atoms with Gasteiger partial charge in [0.15, 0.2) is 5.89 Å². The molecule has 2 rings (SSSR count). The summed E-state index contributed by atoms with van der Waals surface area (Å²) in [7, 11) is 1.76. The molecule has 0 unspecified atom stereocenters. The molecule has 0 fully saturated rings. The van der Waals surface area contributed by atoms with Crippen molar-refractivity contribution >= 4 is 33.2 Å². The Labute approximate surface area is 118 Å². The lowest BCUT2D eigenvalue weighted by Crippen LogP contribution is -2.26. The largest absolute Gasteiger partial charge is 0.436 e. The van der Waals surface area contributed by atoms with Crippen LogP contribution < -0.4 is 0 Å². The Kier molecular flexibility index (Phi) is 3.87.